The molecule has 0 N–H and O–H groups in total. The fourth-order valence-electron chi connectivity index (χ4n) is 2.82. The highest BCUT2D eigenvalue weighted by atomic mass is 28.2. The van der Waals surface area contributed by atoms with Crippen molar-refractivity contribution in [2.75, 3.05) is 13.1 Å². The van der Waals surface area contributed by atoms with Crippen molar-refractivity contribution in [1.82, 2.24) is 4.90 Å². The van der Waals surface area contributed by atoms with Gasteiger partial charge in [0.1, 0.15) is 0 Å². The molecule has 0 aromatic carbocycles. The van der Waals surface area contributed by atoms with Gasteiger partial charge in [-0.05, 0) is 25.9 Å². The van der Waals surface area contributed by atoms with Crippen LogP contribution in [0.3, 0.4) is 0 Å². The van der Waals surface area contributed by atoms with E-state index in [0.717, 1.165) is 5.16 Å². The lowest BCUT2D eigenvalue weighted by molar-refractivity contribution is 0.167. The van der Waals surface area contributed by atoms with Gasteiger partial charge in [0.2, 0.25) is 0 Å². The molecule has 1 unspecified atom stereocenters. The van der Waals surface area contributed by atoms with Crippen LogP contribution in [0.5, 0.6) is 0 Å². The van der Waals surface area contributed by atoms with Crippen LogP contribution in [-0.4, -0.2) is 32.7 Å². The van der Waals surface area contributed by atoms with Crippen molar-refractivity contribution in [2.45, 2.75) is 51.2 Å². The van der Waals surface area contributed by atoms with E-state index in [1.54, 1.807) is 6.04 Å². The zero-order valence-corrected chi connectivity index (χ0v) is 10.3. The van der Waals surface area contributed by atoms with Gasteiger partial charge in [0.25, 0.3) is 0 Å². The molecule has 1 fully saturated rings. The Hall–Kier alpha value is 0.177. The molecule has 1 atom stereocenters. The summed E-state index contributed by atoms with van der Waals surface area (Å²) in [7, 11) is 0.207. The van der Waals surface area contributed by atoms with Crippen LogP contribution >= 0.6 is 0 Å². The molecule has 1 heterocycles. The Morgan fingerprint density at radius 3 is 2.25 bits per heavy atom. The normalized spacial score (nSPS) is 32.0. The highest BCUT2D eigenvalue weighted by Gasteiger charge is 2.36. The molecule has 0 radical (unpaired) electrons. The molecule has 1 aliphatic rings. The molecule has 0 spiro atoms. The molecule has 0 saturated carbocycles. The Labute approximate surface area is 79.4 Å². The maximum atomic E-state index is 2.73. The summed E-state index contributed by atoms with van der Waals surface area (Å²) in [5, 5.41) is 0.726. The Balaban J connectivity index is 2.63. The van der Waals surface area contributed by atoms with Crippen LogP contribution in [0.1, 0.15) is 40.0 Å². The first kappa shape index (κ1) is 10.3. The quantitative estimate of drug-likeness (QED) is 0.604. The SMILES string of the molecule is CCN(CC)C1(CC)CCC[SiH2]1. The highest BCUT2D eigenvalue weighted by molar-refractivity contribution is 6.41. The van der Waals surface area contributed by atoms with Crippen LogP contribution in [0.4, 0.5) is 0 Å². The zero-order valence-electron chi connectivity index (χ0n) is 8.90. The van der Waals surface area contributed by atoms with Crippen molar-refractivity contribution in [3.8, 4) is 0 Å². The van der Waals surface area contributed by atoms with Crippen LogP contribution in [0, 0.1) is 0 Å². The van der Waals surface area contributed by atoms with Gasteiger partial charge >= 0.3 is 0 Å². The van der Waals surface area contributed by atoms with Gasteiger partial charge in [-0.1, -0.05) is 33.2 Å². The van der Waals surface area contributed by atoms with Crippen molar-refractivity contribution in [1.29, 1.82) is 0 Å². The molecular weight excluding hydrogens is 162 g/mol. The summed E-state index contributed by atoms with van der Waals surface area (Å²) in [6.07, 6.45) is 4.41. The van der Waals surface area contributed by atoms with Crippen molar-refractivity contribution >= 4 is 9.52 Å². The summed E-state index contributed by atoms with van der Waals surface area (Å²) in [4.78, 5) is 2.73. The second-order valence-electron chi connectivity index (χ2n) is 3.96. The number of rotatable bonds is 4. The lowest BCUT2D eigenvalue weighted by Gasteiger charge is -2.39. The van der Waals surface area contributed by atoms with Crippen LogP contribution in [0.2, 0.25) is 6.04 Å². The van der Waals surface area contributed by atoms with E-state index in [1.165, 1.54) is 32.4 Å². The van der Waals surface area contributed by atoms with Crippen LogP contribution in [-0.2, 0) is 0 Å². The third-order valence-electron chi connectivity index (χ3n) is 3.63. The predicted octanol–water partition coefficient (Wildman–Crippen LogP) is 1.82. The van der Waals surface area contributed by atoms with Gasteiger partial charge in [0.05, 0.1) is 0 Å². The van der Waals surface area contributed by atoms with E-state index in [1.807, 2.05) is 0 Å². The van der Waals surface area contributed by atoms with Crippen molar-refractivity contribution in [3.63, 3.8) is 0 Å². The summed E-state index contributed by atoms with van der Waals surface area (Å²) >= 11 is 0. The molecule has 0 aromatic heterocycles. The first-order valence-electron chi connectivity index (χ1n) is 5.54. The second kappa shape index (κ2) is 4.42. The van der Waals surface area contributed by atoms with Crippen molar-refractivity contribution in [2.24, 2.45) is 0 Å². The lowest BCUT2D eigenvalue weighted by atomic mass is 10.1. The molecule has 0 amide bonds. The Bertz CT molecular complexity index is 126. The van der Waals surface area contributed by atoms with E-state index in [4.69, 9.17) is 0 Å². The third kappa shape index (κ3) is 1.74. The van der Waals surface area contributed by atoms with E-state index in [9.17, 15) is 0 Å². The maximum Gasteiger partial charge on any atom is 0.0447 e. The fraction of sp³-hybridized carbons (Fsp3) is 1.00. The van der Waals surface area contributed by atoms with Gasteiger partial charge in [0, 0.05) is 14.7 Å². The van der Waals surface area contributed by atoms with Gasteiger partial charge in [0.15, 0.2) is 0 Å². The first-order valence-corrected chi connectivity index (χ1v) is 7.25. The summed E-state index contributed by atoms with van der Waals surface area (Å²) in [5.74, 6) is 0. The minimum atomic E-state index is 0.207. The van der Waals surface area contributed by atoms with Gasteiger partial charge in [-0.15, -0.1) is 0 Å². The molecule has 2 heteroatoms. The van der Waals surface area contributed by atoms with E-state index in [2.05, 4.69) is 25.7 Å². The molecule has 0 bridgehead atoms. The van der Waals surface area contributed by atoms with E-state index >= 15 is 0 Å². The third-order valence-corrected chi connectivity index (χ3v) is 6.71. The maximum absolute atomic E-state index is 2.73. The minimum absolute atomic E-state index is 0.207. The average molecular weight is 185 g/mol. The first-order chi connectivity index (χ1) is 5.79. The average Bonchev–Trinajstić information content (AvgIpc) is 2.56. The highest BCUT2D eigenvalue weighted by Crippen LogP contribution is 2.32. The molecule has 0 aliphatic carbocycles. The van der Waals surface area contributed by atoms with E-state index in [-0.39, 0.29) is 9.52 Å². The Morgan fingerprint density at radius 2 is 1.92 bits per heavy atom. The topological polar surface area (TPSA) is 3.24 Å². The second-order valence-corrected chi connectivity index (χ2v) is 6.48. The molecule has 1 saturated heterocycles. The minimum Gasteiger partial charge on any atom is -0.301 e. The van der Waals surface area contributed by atoms with Crippen LogP contribution in [0.15, 0.2) is 0 Å². The zero-order chi connectivity index (χ0) is 9.03. The largest absolute Gasteiger partial charge is 0.301 e. The van der Waals surface area contributed by atoms with Gasteiger partial charge in [-0.25, -0.2) is 0 Å². The van der Waals surface area contributed by atoms with E-state index in [0.29, 0.717) is 0 Å². The fourth-order valence-corrected chi connectivity index (χ4v) is 5.60. The standard InChI is InChI=1S/C10H23NSi/c1-4-10(8-7-9-12-10)11(5-2)6-3/h4-9,12H2,1-3H3. The molecule has 0 aromatic rings. The predicted molar refractivity (Wildman–Crippen MR) is 58.5 cm³/mol. The number of hydrogen-bond donors (Lipinski definition) is 0. The summed E-state index contributed by atoms with van der Waals surface area (Å²) in [6, 6.07) is 1.59. The Kier molecular flexibility index (Phi) is 3.78. The van der Waals surface area contributed by atoms with Gasteiger partial charge in [-0.2, -0.15) is 0 Å². The monoisotopic (exact) mass is 185 g/mol. The van der Waals surface area contributed by atoms with Crippen LogP contribution in [0.25, 0.3) is 0 Å². The molecule has 1 nitrogen and oxygen atoms in total. The van der Waals surface area contributed by atoms with Gasteiger partial charge < -0.3 is 4.90 Å². The lowest BCUT2D eigenvalue weighted by Crippen LogP contribution is -2.50. The number of hydrogen-bond acceptors (Lipinski definition) is 1. The smallest absolute Gasteiger partial charge is 0.0447 e. The molecule has 1 rings (SSSR count). The Morgan fingerprint density at radius 1 is 1.25 bits per heavy atom. The molecule has 72 valence electrons. The molecule has 1 aliphatic heterocycles. The summed E-state index contributed by atoms with van der Waals surface area (Å²) < 4.78 is 0. The van der Waals surface area contributed by atoms with Crippen molar-refractivity contribution < 1.29 is 0 Å². The number of nitrogens with zero attached hydrogens (tertiary/aromatic N) is 1. The summed E-state index contributed by atoms with van der Waals surface area (Å²) in [6.45, 7) is 9.53. The van der Waals surface area contributed by atoms with Gasteiger partial charge in [-0.3, -0.25) is 0 Å². The molecule has 12 heavy (non-hydrogen) atoms. The van der Waals surface area contributed by atoms with Crippen LogP contribution < -0.4 is 0 Å². The summed E-state index contributed by atoms with van der Waals surface area (Å²) in [5.41, 5.74) is 0. The molecular formula is C10H23NSi. The van der Waals surface area contributed by atoms with Crippen molar-refractivity contribution in [3.05, 3.63) is 0 Å². The van der Waals surface area contributed by atoms with E-state index < -0.39 is 0 Å².